The van der Waals surface area contributed by atoms with Gasteiger partial charge in [0.25, 0.3) is 5.91 Å². The highest BCUT2D eigenvalue weighted by Gasteiger charge is 2.39. The van der Waals surface area contributed by atoms with E-state index in [-0.39, 0.29) is 43.1 Å². The lowest BCUT2D eigenvalue weighted by Crippen LogP contribution is -2.54. The highest BCUT2D eigenvalue weighted by Crippen LogP contribution is 2.32. The molecule has 2 heterocycles. The summed E-state index contributed by atoms with van der Waals surface area (Å²) in [7, 11) is 3.03. The van der Waals surface area contributed by atoms with Crippen LogP contribution in [0.25, 0.3) is 0 Å². The number of hydrogen-bond donors (Lipinski definition) is 2. The molecule has 0 spiro atoms. The minimum absolute atomic E-state index is 0.0886. The fraction of sp³-hybridized carbons (Fsp3) is 0.571. The Hall–Kier alpha value is -2.86. The Morgan fingerprint density at radius 1 is 1.24 bits per heavy atom. The third kappa shape index (κ3) is 6.57. The van der Waals surface area contributed by atoms with Crippen LogP contribution < -0.4 is 15.4 Å². The summed E-state index contributed by atoms with van der Waals surface area (Å²) in [5, 5.41) is 4.48. The summed E-state index contributed by atoms with van der Waals surface area (Å²) in [4.78, 5) is 38.3. The number of halogens is 3. The SMILES string of the molecule is COCC(=O)Nc1ccc2c(c1)C(=O)N(C)[C@H]1CC[C@@H](CC(=O)NCC(F)(F)F)O[C@H]1CO2. The van der Waals surface area contributed by atoms with Crippen molar-refractivity contribution in [1.82, 2.24) is 10.2 Å². The van der Waals surface area contributed by atoms with Gasteiger partial charge in [0, 0.05) is 19.8 Å². The first-order valence-electron chi connectivity index (χ1n) is 10.4. The molecule has 2 aliphatic rings. The van der Waals surface area contributed by atoms with Crippen LogP contribution in [0.1, 0.15) is 29.6 Å². The zero-order valence-electron chi connectivity index (χ0n) is 18.2. The lowest BCUT2D eigenvalue weighted by molar-refractivity contribution is -0.144. The average Bonchev–Trinajstić information content (AvgIpc) is 2.75. The van der Waals surface area contributed by atoms with E-state index in [2.05, 4.69) is 5.32 Å². The predicted octanol–water partition coefficient (Wildman–Crippen LogP) is 1.72. The molecule has 33 heavy (non-hydrogen) atoms. The highest BCUT2D eigenvalue weighted by molar-refractivity contribution is 6.00. The number of alkyl halides is 3. The van der Waals surface area contributed by atoms with E-state index in [1.807, 2.05) is 5.32 Å². The van der Waals surface area contributed by atoms with Crippen molar-refractivity contribution in [2.45, 2.75) is 43.7 Å². The number of carbonyl (C=O) groups excluding carboxylic acids is 3. The van der Waals surface area contributed by atoms with Gasteiger partial charge in [0.2, 0.25) is 11.8 Å². The van der Waals surface area contributed by atoms with Crippen molar-refractivity contribution >= 4 is 23.4 Å². The van der Waals surface area contributed by atoms with Gasteiger partial charge in [0.15, 0.2) is 0 Å². The molecule has 1 saturated heterocycles. The highest BCUT2D eigenvalue weighted by atomic mass is 19.4. The summed E-state index contributed by atoms with van der Waals surface area (Å²) in [5.74, 6) is -1.13. The van der Waals surface area contributed by atoms with Crippen molar-refractivity contribution in [3.8, 4) is 5.75 Å². The Morgan fingerprint density at radius 2 is 2.00 bits per heavy atom. The molecule has 2 N–H and O–H groups in total. The van der Waals surface area contributed by atoms with Gasteiger partial charge >= 0.3 is 6.18 Å². The van der Waals surface area contributed by atoms with E-state index in [1.165, 1.54) is 18.1 Å². The maximum absolute atomic E-state index is 13.1. The predicted molar refractivity (Wildman–Crippen MR) is 110 cm³/mol. The summed E-state index contributed by atoms with van der Waals surface area (Å²) in [6.07, 6.45) is -4.93. The van der Waals surface area contributed by atoms with Crippen LogP contribution in [0.4, 0.5) is 18.9 Å². The van der Waals surface area contributed by atoms with Crippen LogP contribution in [0, 0.1) is 0 Å². The summed E-state index contributed by atoms with van der Waals surface area (Å²) in [6.45, 7) is -1.43. The molecule has 2 aliphatic heterocycles. The van der Waals surface area contributed by atoms with Crippen molar-refractivity contribution < 1.29 is 41.8 Å². The first-order chi connectivity index (χ1) is 15.6. The second kappa shape index (κ2) is 10.4. The zero-order valence-corrected chi connectivity index (χ0v) is 18.2. The molecule has 3 atom stereocenters. The van der Waals surface area contributed by atoms with Gasteiger partial charge in [0.1, 0.15) is 31.6 Å². The molecule has 3 rings (SSSR count). The molecule has 1 aromatic carbocycles. The molecule has 182 valence electrons. The molecule has 1 fully saturated rings. The second-order valence-electron chi connectivity index (χ2n) is 7.96. The number of nitrogens with zero attached hydrogens (tertiary/aromatic N) is 1. The summed E-state index contributed by atoms with van der Waals surface area (Å²) >= 11 is 0. The van der Waals surface area contributed by atoms with Gasteiger partial charge in [0.05, 0.1) is 24.1 Å². The van der Waals surface area contributed by atoms with Crippen LogP contribution in [-0.2, 0) is 19.1 Å². The van der Waals surface area contributed by atoms with Crippen LogP contribution in [0.2, 0.25) is 0 Å². The number of anilines is 1. The van der Waals surface area contributed by atoms with Gasteiger partial charge in [-0.1, -0.05) is 0 Å². The minimum Gasteiger partial charge on any atom is -0.490 e. The number of hydrogen-bond acceptors (Lipinski definition) is 6. The number of ether oxygens (including phenoxy) is 3. The third-order valence-corrected chi connectivity index (χ3v) is 5.47. The number of rotatable bonds is 6. The number of nitrogens with one attached hydrogen (secondary N) is 2. The molecule has 0 saturated carbocycles. The molecular weight excluding hydrogens is 447 g/mol. The first kappa shape index (κ1) is 24.8. The van der Waals surface area contributed by atoms with Crippen molar-refractivity contribution in [3.05, 3.63) is 23.8 Å². The van der Waals surface area contributed by atoms with E-state index in [1.54, 1.807) is 19.2 Å². The van der Waals surface area contributed by atoms with Crippen molar-refractivity contribution in [1.29, 1.82) is 0 Å². The number of methoxy groups -OCH3 is 1. The average molecular weight is 473 g/mol. The molecule has 9 nitrogen and oxygen atoms in total. The number of fused-ring (bicyclic) bond motifs is 2. The smallest absolute Gasteiger partial charge is 0.405 e. The third-order valence-electron chi connectivity index (χ3n) is 5.47. The van der Waals surface area contributed by atoms with Crippen LogP contribution in [0.5, 0.6) is 5.75 Å². The molecule has 1 aromatic rings. The van der Waals surface area contributed by atoms with Crippen molar-refractivity contribution in [2.75, 3.05) is 39.2 Å². The lowest BCUT2D eigenvalue weighted by Gasteiger charge is -2.42. The molecular formula is C21H26F3N3O6. The Bertz CT molecular complexity index is 894. The first-order valence-corrected chi connectivity index (χ1v) is 10.4. The van der Waals surface area contributed by atoms with Gasteiger partial charge in [-0.3, -0.25) is 14.4 Å². The van der Waals surface area contributed by atoms with E-state index >= 15 is 0 Å². The summed E-state index contributed by atoms with van der Waals surface area (Å²) < 4.78 is 53.4. The van der Waals surface area contributed by atoms with Gasteiger partial charge in [-0.25, -0.2) is 0 Å². The van der Waals surface area contributed by atoms with Crippen molar-refractivity contribution in [3.63, 3.8) is 0 Å². The fourth-order valence-electron chi connectivity index (χ4n) is 3.91. The molecule has 0 aliphatic carbocycles. The normalized spacial score (nSPS) is 22.9. The van der Waals surface area contributed by atoms with Crippen LogP contribution in [-0.4, -0.2) is 81.0 Å². The van der Waals surface area contributed by atoms with E-state index < -0.39 is 30.8 Å². The topological polar surface area (TPSA) is 106 Å². The Morgan fingerprint density at radius 3 is 2.70 bits per heavy atom. The molecule has 12 heteroatoms. The molecule has 0 radical (unpaired) electrons. The van der Waals surface area contributed by atoms with Gasteiger partial charge in [-0.2, -0.15) is 13.2 Å². The van der Waals surface area contributed by atoms with E-state index in [0.717, 1.165) is 0 Å². The summed E-state index contributed by atoms with van der Waals surface area (Å²) in [6, 6.07) is 4.34. The monoisotopic (exact) mass is 473 g/mol. The second-order valence-corrected chi connectivity index (χ2v) is 7.96. The number of benzene rings is 1. The molecule has 0 unspecified atom stereocenters. The van der Waals surface area contributed by atoms with Crippen LogP contribution in [0.15, 0.2) is 18.2 Å². The van der Waals surface area contributed by atoms with E-state index in [9.17, 15) is 27.6 Å². The largest absolute Gasteiger partial charge is 0.490 e. The zero-order chi connectivity index (χ0) is 24.2. The van der Waals surface area contributed by atoms with E-state index in [4.69, 9.17) is 14.2 Å². The van der Waals surface area contributed by atoms with Crippen LogP contribution in [0.3, 0.4) is 0 Å². The van der Waals surface area contributed by atoms with E-state index in [0.29, 0.717) is 24.3 Å². The standard InChI is InChI=1S/C21H26F3N3O6/c1-27-15-5-4-13(8-18(28)25-11-21(22,23)24)33-17(15)9-32-16-6-3-12(7-14(16)20(27)30)26-19(29)10-31-2/h3,6-7,13,15,17H,4-5,8-11H2,1-2H3,(H,25,28)(H,26,29)/t13-,15-,17-/m0/s1. The fourth-order valence-corrected chi connectivity index (χ4v) is 3.91. The summed E-state index contributed by atoms with van der Waals surface area (Å²) in [5.41, 5.74) is 0.697. The quantitative estimate of drug-likeness (QED) is 0.652. The molecule has 0 bridgehead atoms. The molecule has 0 aromatic heterocycles. The lowest BCUT2D eigenvalue weighted by atomic mass is 9.94. The van der Waals surface area contributed by atoms with Crippen LogP contribution >= 0.6 is 0 Å². The Labute approximate surface area is 188 Å². The Balaban J connectivity index is 1.67. The van der Waals surface area contributed by atoms with Crippen molar-refractivity contribution in [2.24, 2.45) is 0 Å². The number of amides is 3. The maximum atomic E-state index is 13.1. The van der Waals surface area contributed by atoms with Gasteiger partial charge in [-0.15, -0.1) is 0 Å². The number of likely N-dealkylation sites (N-methyl/N-ethyl adjacent to an activating group) is 1. The number of carbonyl (C=O) groups is 3. The maximum Gasteiger partial charge on any atom is 0.405 e. The molecule has 3 amide bonds. The van der Waals surface area contributed by atoms with Gasteiger partial charge in [-0.05, 0) is 31.0 Å². The minimum atomic E-state index is -4.48. The Kier molecular flexibility index (Phi) is 7.80. The van der Waals surface area contributed by atoms with Gasteiger partial charge < -0.3 is 29.7 Å².